The molecule has 3 rings (SSSR count). The standard InChI is InChI=1S/C18H28N4O.3ClH/c1-2-18(7-3-4-8-20-18)17(23)22-13-11-21(12-14-22)15-16-5-9-19-10-6-16;;;/h5-6,9-10,20H,2-4,7-8,11-15H2,1H3;3*1H/t18-;;;/m0.../s1. The summed E-state index contributed by atoms with van der Waals surface area (Å²) in [7, 11) is 0. The predicted octanol–water partition coefficient (Wildman–Crippen LogP) is 2.91. The molecule has 1 atom stereocenters. The topological polar surface area (TPSA) is 48.5 Å². The van der Waals surface area contributed by atoms with E-state index in [1.807, 2.05) is 12.4 Å². The molecule has 0 spiro atoms. The zero-order chi connectivity index (χ0) is 16.1. The van der Waals surface area contributed by atoms with Gasteiger partial charge in [-0.05, 0) is 49.9 Å². The van der Waals surface area contributed by atoms with Crippen molar-refractivity contribution >= 4 is 43.1 Å². The first-order valence-corrected chi connectivity index (χ1v) is 8.89. The van der Waals surface area contributed by atoms with Gasteiger partial charge in [0.2, 0.25) is 5.91 Å². The van der Waals surface area contributed by atoms with Gasteiger partial charge in [-0.25, -0.2) is 0 Å². The number of nitrogens with zero attached hydrogens (tertiary/aromatic N) is 3. The molecule has 1 N–H and O–H groups in total. The normalized spacial score (nSPS) is 23.2. The average Bonchev–Trinajstić information content (AvgIpc) is 2.63. The van der Waals surface area contributed by atoms with Crippen molar-refractivity contribution in [1.82, 2.24) is 20.1 Å². The second kappa shape index (κ2) is 12.0. The van der Waals surface area contributed by atoms with E-state index in [0.29, 0.717) is 5.91 Å². The number of halogens is 3. The lowest BCUT2D eigenvalue weighted by Crippen LogP contribution is -2.62. The number of hydrogen-bond acceptors (Lipinski definition) is 4. The molecule has 5 nitrogen and oxygen atoms in total. The third-order valence-electron chi connectivity index (χ3n) is 5.32. The lowest BCUT2D eigenvalue weighted by Gasteiger charge is -2.43. The number of nitrogens with one attached hydrogen (secondary N) is 1. The maximum Gasteiger partial charge on any atom is 0.242 e. The number of carbonyl (C=O) groups excluding carboxylic acids is 1. The first kappa shape index (κ1) is 25.4. The van der Waals surface area contributed by atoms with Crippen molar-refractivity contribution in [3.05, 3.63) is 30.1 Å². The quantitative estimate of drug-likeness (QED) is 0.806. The van der Waals surface area contributed by atoms with E-state index in [0.717, 1.165) is 58.5 Å². The molecule has 0 bridgehead atoms. The minimum Gasteiger partial charge on any atom is -0.339 e. The zero-order valence-corrected chi connectivity index (χ0v) is 17.8. The monoisotopic (exact) mass is 424 g/mol. The summed E-state index contributed by atoms with van der Waals surface area (Å²) < 4.78 is 0. The van der Waals surface area contributed by atoms with Crippen LogP contribution >= 0.6 is 37.2 Å². The Balaban J connectivity index is 0.00000208. The molecule has 3 heterocycles. The van der Waals surface area contributed by atoms with Crippen LogP contribution in [-0.4, -0.2) is 59.0 Å². The molecule has 26 heavy (non-hydrogen) atoms. The smallest absolute Gasteiger partial charge is 0.242 e. The van der Waals surface area contributed by atoms with E-state index in [1.54, 1.807) is 0 Å². The molecule has 0 saturated carbocycles. The molecular formula is C18H31Cl3N4O. The van der Waals surface area contributed by atoms with Crippen molar-refractivity contribution in [1.29, 1.82) is 0 Å². The molecule has 2 aliphatic heterocycles. The summed E-state index contributed by atoms with van der Waals surface area (Å²) in [4.78, 5) is 21.6. The Hall–Kier alpha value is -0.590. The van der Waals surface area contributed by atoms with E-state index in [4.69, 9.17) is 0 Å². The number of rotatable bonds is 4. The summed E-state index contributed by atoms with van der Waals surface area (Å²) in [5.41, 5.74) is 0.990. The third-order valence-corrected chi connectivity index (χ3v) is 5.32. The summed E-state index contributed by atoms with van der Waals surface area (Å²) in [5.74, 6) is 0.322. The van der Waals surface area contributed by atoms with Gasteiger partial charge in [-0.15, -0.1) is 37.2 Å². The summed E-state index contributed by atoms with van der Waals surface area (Å²) in [6.45, 7) is 7.64. The summed E-state index contributed by atoms with van der Waals surface area (Å²) in [6, 6.07) is 4.13. The zero-order valence-electron chi connectivity index (χ0n) is 15.4. The van der Waals surface area contributed by atoms with E-state index in [9.17, 15) is 4.79 Å². The third kappa shape index (κ3) is 5.96. The highest BCUT2D eigenvalue weighted by Crippen LogP contribution is 2.26. The molecule has 150 valence electrons. The SMILES string of the molecule is CC[C@@]1(C(=O)N2CCN(Cc3ccncc3)CC2)CCCCN1.Cl.Cl.Cl. The number of hydrogen-bond donors (Lipinski definition) is 1. The van der Waals surface area contributed by atoms with Crippen LogP contribution in [0.15, 0.2) is 24.5 Å². The Labute approximate surface area is 175 Å². The van der Waals surface area contributed by atoms with Crippen LogP contribution in [0, 0.1) is 0 Å². The van der Waals surface area contributed by atoms with E-state index in [-0.39, 0.29) is 42.8 Å². The lowest BCUT2D eigenvalue weighted by molar-refractivity contribution is -0.141. The number of amides is 1. The second-order valence-electron chi connectivity index (χ2n) is 6.74. The molecule has 1 aromatic heterocycles. The van der Waals surface area contributed by atoms with Gasteiger partial charge < -0.3 is 10.2 Å². The maximum atomic E-state index is 13.0. The van der Waals surface area contributed by atoms with Crippen molar-refractivity contribution < 1.29 is 4.79 Å². The fourth-order valence-electron chi connectivity index (χ4n) is 3.76. The van der Waals surface area contributed by atoms with Gasteiger partial charge in [0.1, 0.15) is 0 Å². The molecular weight excluding hydrogens is 395 g/mol. The Morgan fingerprint density at radius 3 is 2.31 bits per heavy atom. The van der Waals surface area contributed by atoms with Gasteiger partial charge >= 0.3 is 0 Å². The van der Waals surface area contributed by atoms with Crippen LogP contribution in [0.5, 0.6) is 0 Å². The number of piperidine rings is 1. The summed E-state index contributed by atoms with van der Waals surface area (Å²) in [6.07, 6.45) is 7.91. The molecule has 1 amide bonds. The Kier molecular flexibility index (Phi) is 11.7. The van der Waals surface area contributed by atoms with E-state index in [2.05, 4.69) is 39.2 Å². The van der Waals surface area contributed by atoms with Crippen molar-refractivity contribution in [2.24, 2.45) is 0 Å². The lowest BCUT2D eigenvalue weighted by atomic mass is 9.85. The van der Waals surface area contributed by atoms with Crippen LogP contribution in [0.1, 0.15) is 38.2 Å². The van der Waals surface area contributed by atoms with Crippen LogP contribution in [0.4, 0.5) is 0 Å². The summed E-state index contributed by atoms with van der Waals surface area (Å²) >= 11 is 0. The van der Waals surface area contributed by atoms with Crippen molar-refractivity contribution in [3.63, 3.8) is 0 Å². The van der Waals surface area contributed by atoms with Gasteiger partial charge in [0, 0.05) is 45.1 Å². The van der Waals surface area contributed by atoms with Crippen LogP contribution in [0.3, 0.4) is 0 Å². The molecule has 2 fully saturated rings. The van der Waals surface area contributed by atoms with Gasteiger partial charge in [-0.1, -0.05) is 6.92 Å². The Morgan fingerprint density at radius 2 is 1.77 bits per heavy atom. The van der Waals surface area contributed by atoms with Crippen molar-refractivity contribution in [2.45, 2.75) is 44.7 Å². The molecule has 0 aliphatic carbocycles. The van der Waals surface area contributed by atoms with Gasteiger partial charge in [-0.2, -0.15) is 0 Å². The molecule has 8 heteroatoms. The molecule has 0 radical (unpaired) electrons. The van der Waals surface area contributed by atoms with E-state index in [1.165, 1.54) is 12.0 Å². The number of aromatic nitrogens is 1. The van der Waals surface area contributed by atoms with E-state index < -0.39 is 0 Å². The predicted molar refractivity (Wildman–Crippen MR) is 113 cm³/mol. The molecule has 2 saturated heterocycles. The van der Waals surface area contributed by atoms with Crippen LogP contribution in [-0.2, 0) is 11.3 Å². The first-order chi connectivity index (χ1) is 11.2. The highest BCUT2D eigenvalue weighted by atomic mass is 35.5. The highest BCUT2D eigenvalue weighted by Gasteiger charge is 2.40. The largest absolute Gasteiger partial charge is 0.339 e. The van der Waals surface area contributed by atoms with Crippen LogP contribution in [0.25, 0.3) is 0 Å². The van der Waals surface area contributed by atoms with Gasteiger partial charge in [0.15, 0.2) is 0 Å². The number of carbonyl (C=O) groups is 1. The molecule has 1 aromatic rings. The minimum atomic E-state index is -0.300. The van der Waals surface area contributed by atoms with E-state index >= 15 is 0 Å². The van der Waals surface area contributed by atoms with Crippen molar-refractivity contribution in [3.8, 4) is 0 Å². The maximum absolute atomic E-state index is 13.0. The van der Waals surface area contributed by atoms with Gasteiger partial charge in [0.25, 0.3) is 0 Å². The van der Waals surface area contributed by atoms with Gasteiger partial charge in [-0.3, -0.25) is 14.7 Å². The molecule has 2 aliphatic rings. The first-order valence-electron chi connectivity index (χ1n) is 8.89. The second-order valence-corrected chi connectivity index (χ2v) is 6.74. The minimum absolute atomic E-state index is 0. The Bertz CT molecular complexity index is 518. The van der Waals surface area contributed by atoms with Gasteiger partial charge in [0.05, 0.1) is 5.54 Å². The molecule has 0 aromatic carbocycles. The fraction of sp³-hybridized carbons (Fsp3) is 0.667. The Morgan fingerprint density at radius 1 is 1.12 bits per heavy atom. The highest BCUT2D eigenvalue weighted by molar-refractivity contribution is 5.86. The average molecular weight is 426 g/mol. The number of piperazine rings is 1. The van der Waals surface area contributed by atoms with Crippen molar-refractivity contribution in [2.75, 3.05) is 32.7 Å². The summed E-state index contributed by atoms with van der Waals surface area (Å²) in [5, 5.41) is 3.52. The fourth-order valence-corrected chi connectivity index (χ4v) is 3.76. The van der Waals surface area contributed by atoms with Crippen LogP contribution < -0.4 is 5.32 Å². The number of pyridine rings is 1. The van der Waals surface area contributed by atoms with Crippen LogP contribution in [0.2, 0.25) is 0 Å². The molecule has 0 unspecified atom stereocenters.